The van der Waals surface area contributed by atoms with Crippen molar-refractivity contribution in [3.63, 3.8) is 0 Å². The van der Waals surface area contributed by atoms with Crippen LogP contribution in [0.5, 0.6) is 0 Å². The van der Waals surface area contributed by atoms with Gasteiger partial charge >= 0.3 is 0 Å². The highest BCUT2D eigenvalue weighted by Crippen LogP contribution is 2.14. The summed E-state index contributed by atoms with van der Waals surface area (Å²) < 4.78 is 26.8. The van der Waals surface area contributed by atoms with Crippen molar-refractivity contribution in [3.05, 3.63) is 64.1 Å². The number of halogens is 3. The molecule has 0 bridgehead atoms. The predicted molar refractivity (Wildman–Crippen MR) is 95.1 cm³/mol. The van der Waals surface area contributed by atoms with Gasteiger partial charge in [-0.05, 0) is 48.4 Å². The van der Waals surface area contributed by atoms with Gasteiger partial charge in [-0.1, -0.05) is 22.0 Å². The Morgan fingerprint density at radius 3 is 2.32 bits per heavy atom. The van der Waals surface area contributed by atoms with Gasteiger partial charge in [-0.25, -0.2) is 8.78 Å². The molecule has 0 aliphatic carbocycles. The molecule has 0 heterocycles. The maximum atomic E-state index is 13.1. The molecule has 2 aromatic carbocycles. The summed E-state index contributed by atoms with van der Waals surface area (Å²) >= 11 is 3.31. The zero-order valence-corrected chi connectivity index (χ0v) is 14.9. The van der Waals surface area contributed by atoms with Crippen LogP contribution in [-0.2, 0) is 16.0 Å². The van der Waals surface area contributed by atoms with Crippen LogP contribution in [0.25, 0.3) is 0 Å². The van der Waals surface area contributed by atoms with Gasteiger partial charge in [0.2, 0.25) is 11.8 Å². The van der Waals surface area contributed by atoms with E-state index >= 15 is 0 Å². The van der Waals surface area contributed by atoms with Crippen LogP contribution in [-0.4, -0.2) is 18.4 Å². The highest BCUT2D eigenvalue weighted by molar-refractivity contribution is 9.10. The minimum Gasteiger partial charge on any atom is -0.356 e. The van der Waals surface area contributed by atoms with Crippen LogP contribution >= 0.6 is 15.9 Å². The third-order valence-electron chi connectivity index (χ3n) is 3.43. The molecule has 132 valence electrons. The molecule has 25 heavy (non-hydrogen) atoms. The second-order valence-electron chi connectivity index (χ2n) is 5.40. The van der Waals surface area contributed by atoms with Crippen LogP contribution in [0.15, 0.2) is 46.9 Å². The van der Waals surface area contributed by atoms with Crippen molar-refractivity contribution in [2.45, 2.75) is 19.3 Å². The minimum absolute atomic E-state index is 0.138. The molecule has 0 radical (unpaired) electrons. The summed E-state index contributed by atoms with van der Waals surface area (Å²) in [6.45, 7) is 0.207. The maximum Gasteiger partial charge on any atom is 0.226 e. The number of amides is 2. The maximum absolute atomic E-state index is 13.1. The lowest BCUT2D eigenvalue weighted by molar-refractivity contribution is -0.121. The SMILES string of the molecule is O=C(CCc1ccc(F)c(F)c1)NCCC(=O)Nc1ccc(Br)cc1. The van der Waals surface area contributed by atoms with Crippen LogP contribution in [0.1, 0.15) is 18.4 Å². The summed E-state index contributed by atoms with van der Waals surface area (Å²) in [5, 5.41) is 5.35. The molecule has 2 N–H and O–H groups in total. The first-order chi connectivity index (χ1) is 11.9. The van der Waals surface area contributed by atoms with E-state index in [4.69, 9.17) is 0 Å². The number of aryl methyl sites for hydroxylation is 1. The van der Waals surface area contributed by atoms with Crippen molar-refractivity contribution in [3.8, 4) is 0 Å². The summed E-state index contributed by atoms with van der Waals surface area (Å²) in [6.07, 6.45) is 0.584. The molecule has 0 aliphatic rings. The van der Waals surface area contributed by atoms with Gasteiger partial charge < -0.3 is 10.6 Å². The van der Waals surface area contributed by atoms with Crippen molar-refractivity contribution in [2.24, 2.45) is 0 Å². The average Bonchev–Trinajstić information content (AvgIpc) is 2.58. The molecule has 0 unspecified atom stereocenters. The number of carbonyl (C=O) groups excluding carboxylic acids is 2. The smallest absolute Gasteiger partial charge is 0.226 e. The standard InChI is InChI=1S/C18H17BrF2N2O2/c19-13-3-5-14(6-4-13)23-18(25)9-10-22-17(24)8-2-12-1-7-15(20)16(21)11-12/h1,3-7,11H,2,8-10H2,(H,22,24)(H,23,25). The van der Waals surface area contributed by atoms with E-state index in [0.29, 0.717) is 17.7 Å². The van der Waals surface area contributed by atoms with E-state index in [1.54, 1.807) is 12.1 Å². The molecule has 0 atom stereocenters. The summed E-state index contributed by atoms with van der Waals surface area (Å²) in [6, 6.07) is 10.7. The Kier molecular flexibility index (Phi) is 7.06. The zero-order valence-electron chi connectivity index (χ0n) is 13.3. The summed E-state index contributed by atoms with van der Waals surface area (Å²) in [5.41, 5.74) is 1.22. The molecule has 7 heteroatoms. The fourth-order valence-corrected chi connectivity index (χ4v) is 2.38. The van der Waals surface area contributed by atoms with E-state index in [0.717, 1.165) is 16.6 Å². The number of rotatable bonds is 7. The van der Waals surface area contributed by atoms with Gasteiger partial charge in [0.15, 0.2) is 11.6 Å². The summed E-state index contributed by atoms with van der Waals surface area (Å²) in [7, 11) is 0. The van der Waals surface area contributed by atoms with Crippen LogP contribution in [0.4, 0.5) is 14.5 Å². The lowest BCUT2D eigenvalue weighted by Gasteiger charge is -2.07. The highest BCUT2D eigenvalue weighted by atomic mass is 79.9. The minimum atomic E-state index is -0.928. The molecule has 2 rings (SSSR count). The normalized spacial score (nSPS) is 10.4. The number of hydrogen-bond acceptors (Lipinski definition) is 2. The Morgan fingerprint density at radius 1 is 0.920 bits per heavy atom. The van der Waals surface area contributed by atoms with E-state index < -0.39 is 11.6 Å². The lowest BCUT2D eigenvalue weighted by Crippen LogP contribution is -2.27. The molecule has 0 fully saturated rings. The monoisotopic (exact) mass is 410 g/mol. The molecular formula is C18H17BrF2N2O2. The van der Waals surface area contributed by atoms with Gasteiger partial charge in [-0.2, -0.15) is 0 Å². The van der Waals surface area contributed by atoms with Gasteiger partial charge in [-0.15, -0.1) is 0 Å². The van der Waals surface area contributed by atoms with Crippen molar-refractivity contribution >= 4 is 33.4 Å². The Balaban J connectivity index is 1.66. The second kappa shape index (κ2) is 9.27. The first kappa shape index (κ1) is 19.1. The molecule has 4 nitrogen and oxygen atoms in total. The van der Waals surface area contributed by atoms with E-state index in [9.17, 15) is 18.4 Å². The molecule has 0 aliphatic heterocycles. The number of carbonyl (C=O) groups is 2. The number of anilines is 1. The third-order valence-corrected chi connectivity index (χ3v) is 3.96. The first-order valence-electron chi connectivity index (χ1n) is 7.70. The Labute approximate surface area is 152 Å². The number of benzene rings is 2. The molecule has 0 aromatic heterocycles. The van der Waals surface area contributed by atoms with Gasteiger partial charge in [0.05, 0.1) is 0 Å². The van der Waals surface area contributed by atoms with Crippen LogP contribution in [0.3, 0.4) is 0 Å². The molecular weight excluding hydrogens is 394 g/mol. The van der Waals surface area contributed by atoms with Crippen molar-refractivity contribution in [1.82, 2.24) is 5.32 Å². The van der Waals surface area contributed by atoms with E-state index in [-0.39, 0.29) is 31.2 Å². The first-order valence-corrected chi connectivity index (χ1v) is 8.49. The Morgan fingerprint density at radius 2 is 1.64 bits per heavy atom. The molecule has 2 aromatic rings. The Hall–Kier alpha value is -2.28. The Bertz CT molecular complexity index is 751. The van der Waals surface area contributed by atoms with Crippen molar-refractivity contribution < 1.29 is 18.4 Å². The lowest BCUT2D eigenvalue weighted by atomic mass is 10.1. The zero-order chi connectivity index (χ0) is 18.2. The quantitative estimate of drug-likeness (QED) is 0.728. The molecule has 0 spiro atoms. The van der Waals surface area contributed by atoms with Gasteiger partial charge in [0.1, 0.15) is 0 Å². The van der Waals surface area contributed by atoms with E-state index in [2.05, 4.69) is 26.6 Å². The topological polar surface area (TPSA) is 58.2 Å². The van der Waals surface area contributed by atoms with E-state index in [1.165, 1.54) is 6.07 Å². The summed E-state index contributed by atoms with van der Waals surface area (Å²) in [4.78, 5) is 23.5. The predicted octanol–water partition coefficient (Wildman–Crippen LogP) is 3.80. The number of hydrogen-bond donors (Lipinski definition) is 2. The summed E-state index contributed by atoms with van der Waals surface area (Å²) in [5.74, 6) is -2.29. The fourth-order valence-electron chi connectivity index (χ4n) is 2.11. The molecule has 0 saturated carbocycles. The van der Waals surface area contributed by atoms with Gasteiger partial charge in [0.25, 0.3) is 0 Å². The van der Waals surface area contributed by atoms with Crippen molar-refractivity contribution in [2.75, 3.05) is 11.9 Å². The van der Waals surface area contributed by atoms with E-state index in [1.807, 2.05) is 12.1 Å². The van der Waals surface area contributed by atoms with Gasteiger partial charge in [-0.3, -0.25) is 9.59 Å². The van der Waals surface area contributed by atoms with Crippen LogP contribution in [0, 0.1) is 11.6 Å². The molecule has 2 amide bonds. The number of nitrogens with one attached hydrogen (secondary N) is 2. The van der Waals surface area contributed by atoms with Crippen molar-refractivity contribution in [1.29, 1.82) is 0 Å². The fraction of sp³-hybridized carbons (Fsp3) is 0.222. The molecule has 0 saturated heterocycles. The van der Waals surface area contributed by atoms with Crippen LogP contribution < -0.4 is 10.6 Å². The highest BCUT2D eigenvalue weighted by Gasteiger charge is 2.07. The average molecular weight is 411 g/mol. The largest absolute Gasteiger partial charge is 0.356 e. The van der Waals surface area contributed by atoms with Gasteiger partial charge in [0, 0.05) is 29.5 Å². The third kappa shape index (κ3) is 6.62. The second-order valence-corrected chi connectivity index (χ2v) is 6.32. The van der Waals surface area contributed by atoms with Crippen LogP contribution in [0.2, 0.25) is 0 Å².